The van der Waals surface area contributed by atoms with Gasteiger partial charge in [0, 0.05) is 13.1 Å². The van der Waals surface area contributed by atoms with Crippen LogP contribution in [0.1, 0.15) is 30.0 Å². The number of aliphatic imine (C=N–C) groups is 1. The molecule has 0 unspecified atom stereocenters. The molecule has 0 aromatic heterocycles. The highest BCUT2D eigenvalue weighted by atomic mass is 127. The Bertz CT molecular complexity index is 469. The topological polar surface area (TPSA) is 36.4 Å². The quantitative estimate of drug-likeness (QED) is 0.354. The van der Waals surface area contributed by atoms with Crippen LogP contribution in [0, 0.1) is 0 Å². The van der Waals surface area contributed by atoms with Gasteiger partial charge in [-0.2, -0.15) is 0 Å². The van der Waals surface area contributed by atoms with Gasteiger partial charge >= 0.3 is 0 Å². The van der Waals surface area contributed by atoms with Gasteiger partial charge in [0.1, 0.15) is 0 Å². The number of halogens is 1. The van der Waals surface area contributed by atoms with E-state index in [9.17, 15) is 0 Å². The van der Waals surface area contributed by atoms with E-state index in [1.54, 1.807) is 0 Å². The second kappa shape index (κ2) is 9.00. The van der Waals surface area contributed by atoms with Gasteiger partial charge in [-0.25, -0.2) is 4.99 Å². The molecule has 1 aromatic carbocycles. The van der Waals surface area contributed by atoms with Gasteiger partial charge in [-0.3, -0.25) is 0 Å². The lowest BCUT2D eigenvalue weighted by molar-refractivity contribution is 0.859. The van der Waals surface area contributed by atoms with E-state index in [4.69, 9.17) is 0 Å². The molecule has 0 atom stereocenters. The predicted molar refractivity (Wildman–Crippen MR) is 96.9 cm³/mol. The fourth-order valence-electron chi connectivity index (χ4n) is 2.40. The maximum Gasteiger partial charge on any atom is 0.191 e. The largest absolute Gasteiger partial charge is 0.357 e. The van der Waals surface area contributed by atoms with Gasteiger partial charge in [-0.1, -0.05) is 24.3 Å². The fraction of sp³-hybridized carbons (Fsp3) is 0.438. The molecule has 0 saturated carbocycles. The maximum absolute atomic E-state index is 4.59. The number of hydrogen-bond donors (Lipinski definition) is 2. The van der Waals surface area contributed by atoms with Crippen LogP contribution in [0.4, 0.5) is 0 Å². The minimum Gasteiger partial charge on any atom is -0.357 e. The van der Waals surface area contributed by atoms with Crippen molar-refractivity contribution in [2.45, 2.75) is 32.7 Å². The summed E-state index contributed by atoms with van der Waals surface area (Å²) < 4.78 is 0. The standard InChI is InChI=1S/C16H23N3.HI/c1-3-10-18-16(17-4-2)19-12-13-8-9-14-6-5-7-15(14)11-13;/h3,8-9,11H,1,4-7,10,12H2,2H3,(H2,17,18,19);1H. The second-order valence-corrected chi connectivity index (χ2v) is 4.82. The fourth-order valence-corrected chi connectivity index (χ4v) is 2.40. The van der Waals surface area contributed by atoms with Gasteiger partial charge in [-0.05, 0) is 42.9 Å². The van der Waals surface area contributed by atoms with Crippen molar-refractivity contribution in [3.05, 3.63) is 47.5 Å². The van der Waals surface area contributed by atoms with Crippen LogP contribution in [0.25, 0.3) is 0 Å². The smallest absolute Gasteiger partial charge is 0.191 e. The molecule has 110 valence electrons. The normalized spacial score (nSPS) is 13.3. The number of aryl methyl sites for hydroxylation is 2. The lowest BCUT2D eigenvalue weighted by Gasteiger charge is -2.09. The lowest BCUT2D eigenvalue weighted by atomic mass is 10.1. The number of nitrogens with one attached hydrogen (secondary N) is 2. The summed E-state index contributed by atoms with van der Waals surface area (Å²) in [5, 5.41) is 6.44. The third kappa shape index (κ3) is 4.81. The van der Waals surface area contributed by atoms with Crippen LogP contribution in [0.2, 0.25) is 0 Å². The Morgan fingerprint density at radius 1 is 1.30 bits per heavy atom. The van der Waals surface area contributed by atoms with Crippen molar-refractivity contribution < 1.29 is 0 Å². The van der Waals surface area contributed by atoms with E-state index in [1.807, 2.05) is 6.08 Å². The molecule has 0 bridgehead atoms. The third-order valence-electron chi connectivity index (χ3n) is 3.34. The van der Waals surface area contributed by atoms with Crippen molar-refractivity contribution >= 4 is 29.9 Å². The van der Waals surface area contributed by atoms with Crippen molar-refractivity contribution in [2.24, 2.45) is 4.99 Å². The number of guanidine groups is 1. The Morgan fingerprint density at radius 2 is 2.10 bits per heavy atom. The zero-order valence-electron chi connectivity index (χ0n) is 12.1. The SMILES string of the molecule is C=CCNC(=NCc1ccc2c(c1)CCC2)NCC.I. The Labute approximate surface area is 139 Å². The Morgan fingerprint density at radius 3 is 2.85 bits per heavy atom. The van der Waals surface area contributed by atoms with Crippen LogP contribution in [0.15, 0.2) is 35.8 Å². The molecule has 1 aliphatic carbocycles. The molecule has 0 radical (unpaired) electrons. The molecule has 4 heteroatoms. The molecule has 0 fully saturated rings. The lowest BCUT2D eigenvalue weighted by Crippen LogP contribution is -2.37. The highest BCUT2D eigenvalue weighted by molar-refractivity contribution is 14.0. The third-order valence-corrected chi connectivity index (χ3v) is 3.34. The molecule has 0 heterocycles. The number of nitrogens with zero attached hydrogens (tertiary/aromatic N) is 1. The Hall–Kier alpha value is -1.04. The van der Waals surface area contributed by atoms with E-state index in [-0.39, 0.29) is 24.0 Å². The highest BCUT2D eigenvalue weighted by Gasteiger charge is 2.10. The first-order valence-corrected chi connectivity index (χ1v) is 7.07. The first kappa shape index (κ1) is 17.0. The number of fused-ring (bicyclic) bond motifs is 1. The van der Waals surface area contributed by atoms with Gasteiger partial charge in [0.05, 0.1) is 6.54 Å². The van der Waals surface area contributed by atoms with Crippen molar-refractivity contribution in [3.63, 3.8) is 0 Å². The molecule has 1 aromatic rings. The summed E-state index contributed by atoms with van der Waals surface area (Å²) in [6.07, 6.45) is 5.60. The minimum absolute atomic E-state index is 0. The van der Waals surface area contributed by atoms with Crippen LogP contribution in [0.5, 0.6) is 0 Å². The van der Waals surface area contributed by atoms with Gasteiger partial charge in [0.25, 0.3) is 0 Å². The van der Waals surface area contributed by atoms with E-state index >= 15 is 0 Å². The molecule has 2 N–H and O–H groups in total. The first-order valence-electron chi connectivity index (χ1n) is 7.07. The molecule has 0 amide bonds. The molecule has 1 aliphatic rings. The maximum atomic E-state index is 4.59. The zero-order chi connectivity index (χ0) is 13.5. The van der Waals surface area contributed by atoms with E-state index in [0.717, 1.165) is 25.6 Å². The molecule has 0 spiro atoms. The average molecular weight is 385 g/mol. The minimum atomic E-state index is 0. The summed E-state index contributed by atoms with van der Waals surface area (Å²) in [5.74, 6) is 0.850. The number of hydrogen-bond acceptors (Lipinski definition) is 1. The number of rotatable bonds is 5. The molecule has 3 nitrogen and oxygen atoms in total. The van der Waals surface area contributed by atoms with Crippen molar-refractivity contribution in [3.8, 4) is 0 Å². The summed E-state index contributed by atoms with van der Waals surface area (Å²) >= 11 is 0. The van der Waals surface area contributed by atoms with Gasteiger partial charge < -0.3 is 10.6 Å². The number of benzene rings is 1. The van der Waals surface area contributed by atoms with Crippen molar-refractivity contribution in [2.75, 3.05) is 13.1 Å². The predicted octanol–water partition coefficient (Wildman–Crippen LogP) is 3.03. The molecule has 0 saturated heterocycles. The monoisotopic (exact) mass is 385 g/mol. The molecular weight excluding hydrogens is 361 g/mol. The molecule has 2 rings (SSSR count). The van der Waals surface area contributed by atoms with Crippen LogP contribution in [-0.2, 0) is 19.4 Å². The van der Waals surface area contributed by atoms with Crippen molar-refractivity contribution in [1.82, 2.24) is 10.6 Å². The summed E-state index contributed by atoms with van der Waals surface area (Å²) in [5.41, 5.74) is 4.32. The highest BCUT2D eigenvalue weighted by Crippen LogP contribution is 2.22. The summed E-state index contributed by atoms with van der Waals surface area (Å²) in [4.78, 5) is 4.59. The Kier molecular flexibility index (Phi) is 7.65. The molecular formula is C16H24IN3. The van der Waals surface area contributed by atoms with E-state index in [0.29, 0.717) is 0 Å². The first-order chi connectivity index (χ1) is 9.33. The molecule has 20 heavy (non-hydrogen) atoms. The zero-order valence-corrected chi connectivity index (χ0v) is 14.4. The summed E-state index contributed by atoms with van der Waals surface area (Å²) in [6.45, 7) is 8.10. The summed E-state index contributed by atoms with van der Waals surface area (Å²) in [6, 6.07) is 6.77. The van der Waals surface area contributed by atoms with Crippen LogP contribution in [-0.4, -0.2) is 19.0 Å². The van der Waals surface area contributed by atoms with Gasteiger partial charge in [0.2, 0.25) is 0 Å². The van der Waals surface area contributed by atoms with E-state index in [2.05, 4.69) is 47.3 Å². The second-order valence-electron chi connectivity index (χ2n) is 4.82. The molecule has 0 aliphatic heterocycles. The van der Waals surface area contributed by atoms with Crippen molar-refractivity contribution in [1.29, 1.82) is 0 Å². The van der Waals surface area contributed by atoms with E-state index < -0.39 is 0 Å². The van der Waals surface area contributed by atoms with Gasteiger partial charge in [-0.15, -0.1) is 30.6 Å². The van der Waals surface area contributed by atoms with E-state index in [1.165, 1.54) is 36.0 Å². The Balaban J connectivity index is 0.00000200. The van der Waals surface area contributed by atoms with Gasteiger partial charge in [0.15, 0.2) is 5.96 Å². The van der Waals surface area contributed by atoms with Crippen LogP contribution < -0.4 is 10.6 Å². The average Bonchev–Trinajstić information content (AvgIpc) is 2.89. The summed E-state index contributed by atoms with van der Waals surface area (Å²) in [7, 11) is 0. The van der Waals surface area contributed by atoms with Crippen LogP contribution in [0.3, 0.4) is 0 Å². The van der Waals surface area contributed by atoms with Crippen LogP contribution >= 0.6 is 24.0 Å².